The summed E-state index contributed by atoms with van der Waals surface area (Å²) in [4.78, 5) is 25.1. The van der Waals surface area contributed by atoms with Gasteiger partial charge in [-0.2, -0.15) is 5.10 Å². The number of nitrogens with one attached hydrogen (secondary N) is 2. The molecule has 0 saturated heterocycles. The van der Waals surface area contributed by atoms with Gasteiger partial charge < -0.3 is 14.8 Å². The fourth-order valence-corrected chi connectivity index (χ4v) is 2.79. The molecule has 0 aliphatic carbocycles. The first kappa shape index (κ1) is 22.9. The Bertz CT molecular complexity index is 892. The number of methoxy groups -OCH3 is 1. The maximum absolute atomic E-state index is 12.6. The molecule has 7 nitrogen and oxygen atoms in total. The summed E-state index contributed by atoms with van der Waals surface area (Å²) in [6.07, 6.45) is 1.49. The average molecular weight is 412 g/mol. The van der Waals surface area contributed by atoms with E-state index in [4.69, 9.17) is 9.47 Å². The van der Waals surface area contributed by atoms with E-state index in [9.17, 15) is 9.59 Å². The van der Waals surface area contributed by atoms with E-state index in [1.165, 1.54) is 6.21 Å². The minimum Gasteiger partial charge on any atom is -0.493 e. The summed E-state index contributed by atoms with van der Waals surface area (Å²) < 4.78 is 10.9. The summed E-state index contributed by atoms with van der Waals surface area (Å²) in [5.41, 5.74) is 4.73. The van der Waals surface area contributed by atoms with Crippen molar-refractivity contribution in [1.29, 1.82) is 0 Å². The van der Waals surface area contributed by atoms with Crippen molar-refractivity contribution >= 4 is 18.0 Å². The van der Waals surface area contributed by atoms with Crippen molar-refractivity contribution < 1.29 is 19.1 Å². The molecule has 0 bridgehead atoms. The standard InChI is InChI=1S/C23H29N3O4/c1-6-30-21-18(8-7-9-19(21)29-5)14-24-26-23(28)20(15(2)3)25-22(27)17-12-10-16(4)11-13-17/h7-15,20H,6H2,1-5H3,(H,25,27)(H,26,28). The van der Waals surface area contributed by atoms with Crippen LogP contribution >= 0.6 is 0 Å². The van der Waals surface area contributed by atoms with E-state index in [1.54, 1.807) is 25.3 Å². The van der Waals surface area contributed by atoms with Crippen LogP contribution in [0.4, 0.5) is 0 Å². The zero-order valence-electron chi connectivity index (χ0n) is 18.1. The molecule has 2 rings (SSSR count). The minimum atomic E-state index is -0.729. The second-order valence-corrected chi connectivity index (χ2v) is 7.11. The molecule has 2 aromatic carbocycles. The molecule has 7 heteroatoms. The van der Waals surface area contributed by atoms with Crippen LogP contribution in [-0.4, -0.2) is 37.8 Å². The van der Waals surface area contributed by atoms with Crippen molar-refractivity contribution in [3.8, 4) is 11.5 Å². The van der Waals surface area contributed by atoms with Crippen LogP contribution in [0.15, 0.2) is 47.6 Å². The van der Waals surface area contributed by atoms with E-state index in [1.807, 2.05) is 52.0 Å². The molecule has 30 heavy (non-hydrogen) atoms. The van der Waals surface area contributed by atoms with Gasteiger partial charge in [-0.1, -0.05) is 37.6 Å². The molecule has 0 aliphatic heterocycles. The predicted molar refractivity (Wildman–Crippen MR) is 117 cm³/mol. The van der Waals surface area contributed by atoms with Crippen LogP contribution in [0.5, 0.6) is 11.5 Å². The number of carbonyl (C=O) groups is 2. The lowest BCUT2D eigenvalue weighted by molar-refractivity contribution is -0.123. The number of hydrogen-bond donors (Lipinski definition) is 2. The van der Waals surface area contributed by atoms with Crippen LogP contribution in [0.1, 0.15) is 42.3 Å². The molecule has 0 heterocycles. The maximum Gasteiger partial charge on any atom is 0.262 e. The number of carbonyl (C=O) groups excluding carboxylic acids is 2. The molecule has 2 aromatic rings. The van der Waals surface area contributed by atoms with Gasteiger partial charge in [0.25, 0.3) is 11.8 Å². The van der Waals surface area contributed by atoms with E-state index in [2.05, 4.69) is 15.8 Å². The normalized spacial score (nSPS) is 11.9. The van der Waals surface area contributed by atoms with Gasteiger partial charge in [-0.25, -0.2) is 5.43 Å². The molecule has 1 atom stereocenters. The van der Waals surface area contributed by atoms with Gasteiger partial charge in [-0.05, 0) is 44.0 Å². The first-order valence-electron chi connectivity index (χ1n) is 9.87. The molecular weight excluding hydrogens is 382 g/mol. The molecule has 1 unspecified atom stereocenters. The topological polar surface area (TPSA) is 89.0 Å². The Balaban J connectivity index is 2.08. The number of benzene rings is 2. The lowest BCUT2D eigenvalue weighted by Crippen LogP contribution is -2.48. The second-order valence-electron chi connectivity index (χ2n) is 7.11. The molecule has 0 saturated carbocycles. The van der Waals surface area contributed by atoms with Gasteiger partial charge in [-0.3, -0.25) is 9.59 Å². The van der Waals surface area contributed by atoms with Gasteiger partial charge in [0.1, 0.15) is 6.04 Å². The molecule has 0 aliphatic rings. The SMILES string of the molecule is CCOc1c(C=NNC(=O)C(NC(=O)c2ccc(C)cc2)C(C)C)cccc1OC. The first-order chi connectivity index (χ1) is 14.4. The van der Waals surface area contributed by atoms with Crippen LogP contribution in [-0.2, 0) is 4.79 Å². The number of ether oxygens (including phenoxy) is 2. The minimum absolute atomic E-state index is 0.120. The number of hydrogen-bond acceptors (Lipinski definition) is 5. The molecule has 2 N–H and O–H groups in total. The fraction of sp³-hybridized carbons (Fsp3) is 0.348. The van der Waals surface area contributed by atoms with E-state index < -0.39 is 11.9 Å². The monoisotopic (exact) mass is 411 g/mol. The number of amides is 2. The van der Waals surface area contributed by atoms with Gasteiger partial charge >= 0.3 is 0 Å². The van der Waals surface area contributed by atoms with Gasteiger partial charge in [0.2, 0.25) is 0 Å². The van der Waals surface area contributed by atoms with Gasteiger partial charge in [0.05, 0.1) is 19.9 Å². The van der Waals surface area contributed by atoms with Gasteiger partial charge in [0, 0.05) is 11.1 Å². The third-order valence-electron chi connectivity index (χ3n) is 4.45. The van der Waals surface area contributed by atoms with Crippen LogP contribution in [0.3, 0.4) is 0 Å². The summed E-state index contributed by atoms with van der Waals surface area (Å²) in [5, 5.41) is 6.82. The van der Waals surface area contributed by atoms with Crippen molar-refractivity contribution in [2.45, 2.75) is 33.7 Å². The zero-order valence-corrected chi connectivity index (χ0v) is 18.1. The van der Waals surface area contributed by atoms with Crippen molar-refractivity contribution in [3.05, 3.63) is 59.2 Å². The maximum atomic E-state index is 12.6. The highest BCUT2D eigenvalue weighted by atomic mass is 16.5. The number of rotatable bonds is 9. The Morgan fingerprint density at radius 2 is 1.83 bits per heavy atom. The van der Waals surface area contributed by atoms with Crippen molar-refractivity contribution in [3.63, 3.8) is 0 Å². The third-order valence-corrected chi connectivity index (χ3v) is 4.45. The van der Waals surface area contributed by atoms with Crippen LogP contribution in [0, 0.1) is 12.8 Å². The molecule has 0 fully saturated rings. The van der Waals surface area contributed by atoms with E-state index in [-0.39, 0.29) is 11.8 Å². The second kappa shape index (κ2) is 11.0. The Labute approximate surface area is 177 Å². The van der Waals surface area contributed by atoms with Crippen LogP contribution in [0.2, 0.25) is 0 Å². The highest BCUT2D eigenvalue weighted by molar-refractivity contribution is 5.97. The Hall–Kier alpha value is -3.35. The highest BCUT2D eigenvalue weighted by Crippen LogP contribution is 2.29. The van der Waals surface area contributed by atoms with Crippen molar-refractivity contribution in [2.24, 2.45) is 11.0 Å². The molecule has 0 aromatic heterocycles. The summed E-state index contributed by atoms with van der Waals surface area (Å²) in [6, 6.07) is 11.8. The summed E-state index contributed by atoms with van der Waals surface area (Å²) in [5.74, 6) is 0.304. The first-order valence-corrected chi connectivity index (χ1v) is 9.87. The van der Waals surface area contributed by atoms with Crippen molar-refractivity contribution in [2.75, 3.05) is 13.7 Å². The largest absolute Gasteiger partial charge is 0.493 e. The third kappa shape index (κ3) is 6.07. The Morgan fingerprint density at radius 3 is 2.43 bits per heavy atom. The average Bonchev–Trinajstić information content (AvgIpc) is 2.73. The number of aryl methyl sites for hydroxylation is 1. The van der Waals surface area contributed by atoms with Crippen LogP contribution < -0.4 is 20.2 Å². The summed E-state index contributed by atoms with van der Waals surface area (Å²) in [7, 11) is 1.56. The molecular formula is C23H29N3O4. The molecule has 0 spiro atoms. The Morgan fingerprint density at radius 1 is 1.13 bits per heavy atom. The molecule has 0 radical (unpaired) electrons. The van der Waals surface area contributed by atoms with E-state index in [0.717, 1.165) is 5.56 Å². The van der Waals surface area contributed by atoms with Crippen molar-refractivity contribution in [1.82, 2.24) is 10.7 Å². The fourth-order valence-electron chi connectivity index (χ4n) is 2.79. The Kier molecular flexibility index (Phi) is 8.41. The quantitative estimate of drug-likeness (QED) is 0.489. The van der Waals surface area contributed by atoms with E-state index in [0.29, 0.717) is 29.2 Å². The van der Waals surface area contributed by atoms with Gasteiger partial charge in [0.15, 0.2) is 11.5 Å². The highest BCUT2D eigenvalue weighted by Gasteiger charge is 2.24. The lowest BCUT2D eigenvalue weighted by atomic mass is 10.0. The lowest BCUT2D eigenvalue weighted by Gasteiger charge is -2.20. The molecule has 2 amide bonds. The zero-order chi connectivity index (χ0) is 22.1. The number of para-hydroxylation sites is 1. The smallest absolute Gasteiger partial charge is 0.262 e. The summed E-state index contributed by atoms with van der Waals surface area (Å²) >= 11 is 0. The van der Waals surface area contributed by atoms with Crippen LogP contribution in [0.25, 0.3) is 0 Å². The summed E-state index contributed by atoms with van der Waals surface area (Å²) in [6.45, 7) is 8.01. The predicted octanol–water partition coefficient (Wildman–Crippen LogP) is 3.31. The molecule has 160 valence electrons. The number of nitrogens with zero attached hydrogens (tertiary/aromatic N) is 1. The number of hydrazone groups is 1. The van der Waals surface area contributed by atoms with Gasteiger partial charge in [-0.15, -0.1) is 0 Å². The van der Waals surface area contributed by atoms with E-state index >= 15 is 0 Å².